The summed E-state index contributed by atoms with van der Waals surface area (Å²) in [5.74, 6) is -6.71. The smallest absolute Gasteiger partial charge is 0.326 e. The highest BCUT2D eigenvalue weighted by atomic mass is 32.2. The van der Waals surface area contributed by atoms with Gasteiger partial charge in [0.25, 0.3) is 0 Å². The number of para-hydroxylation sites is 1. The monoisotopic (exact) mass is 565 g/mol. The molecule has 1 aromatic carbocycles. The number of fused-ring (bicyclic) bond motifs is 1. The molecule has 39 heavy (non-hydrogen) atoms. The van der Waals surface area contributed by atoms with Crippen LogP contribution in [0.25, 0.3) is 10.9 Å². The van der Waals surface area contributed by atoms with Crippen molar-refractivity contribution in [3.8, 4) is 0 Å². The van der Waals surface area contributed by atoms with Crippen molar-refractivity contribution in [2.45, 2.75) is 49.9 Å². The zero-order chi connectivity index (χ0) is 29.1. The van der Waals surface area contributed by atoms with Crippen LogP contribution >= 0.6 is 11.8 Å². The summed E-state index contributed by atoms with van der Waals surface area (Å²) >= 11 is 1.45. The molecule has 212 valence electrons. The first-order valence-electron chi connectivity index (χ1n) is 11.8. The fraction of sp³-hybridized carbons (Fsp3) is 0.417. The van der Waals surface area contributed by atoms with Gasteiger partial charge < -0.3 is 42.0 Å². The second-order valence-electron chi connectivity index (χ2n) is 8.67. The Morgan fingerprint density at radius 2 is 1.44 bits per heavy atom. The maximum atomic E-state index is 13.1. The molecular formula is C24H31N5O9S. The predicted molar refractivity (Wildman–Crippen MR) is 141 cm³/mol. The normalized spacial score (nSPS) is 14.0. The molecule has 14 nitrogen and oxygen atoms in total. The largest absolute Gasteiger partial charge is 0.481 e. The summed E-state index contributed by atoms with van der Waals surface area (Å²) in [6, 6.07) is 1.22. The van der Waals surface area contributed by atoms with Gasteiger partial charge in [0, 0.05) is 23.5 Å². The number of hydrogen-bond acceptors (Lipinski definition) is 8. The number of nitrogens with two attached hydrogens (primary N) is 1. The number of benzene rings is 1. The Balaban J connectivity index is 2.32. The van der Waals surface area contributed by atoms with E-state index < -0.39 is 72.6 Å². The Morgan fingerprint density at radius 1 is 0.872 bits per heavy atom. The number of aromatic nitrogens is 1. The molecule has 3 amide bonds. The van der Waals surface area contributed by atoms with Gasteiger partial charge in [0.2, 0.25) is 17.7 Å². The molecule has 0 saturated heterocycles. The van der Waals surface area contributed by atoms with Gasteiger partial charge in [-0.15, -0.1) is 0 Å². The average molecular weight is 566 g/mol. The summed E-state index contributed by atoms with van der Waals surface area (Å²) < 4.78 is 0. The van der Waals surface area contributed by atoms with E-state index in [1.807, 2.05) is 6.26 Å². The lowest BCUT2D eigenvalue weighted by molar-refractivity contribution is -0.147. The minimum Gasteiger partial charge on any atom is -0.481 e. The van der Waals surface area contributed by atoms with Gasteiger partial charge >= 0.3 is 17.9 Å². The van der Waals surface area contributed by atoms with Crippen LogP contribution in [0.5, 0.6) is 0 Å². The summed E-state index contributed by atoms with van der Waals surface area (Å²) in [6.07, 6.45) is 1.79. The molecule has 0 aliphatic rings. The fourth-order valence-corrected chi connectivity index (χ4v) is 4.18. The highest BCUT2D eigenvalue weighted by Crippen LogP contribution is 2.19. The molecule has 0 saturated carbocycles. The third-order valence-corrected chi connectivity index (χ3v) is 6.35. The zero-order valence-electron chi connectivity index (χ0n) is 21.0. The molecule has 9 N–H and O–H groups in total. The van der Waals surface area contributed by atoms with Crippen LogP contribution in [0, 0.1) is 0 Å². The van der Waals surface area contributed by atoms with Crippen LogP contribution in [0.2, 0.25) is 0 Å². The molecule has 2 aromatic rings. The molecule has 1 heterocycles. The quantitative estimate of drug-likeness (QED) is 0.126. The van der Waals surface area contributed by atoms with Gasteiger partial charge in [-0.3, -0.25) is 24.0 Å². The Hall–Kier alpha value is -4.11. The third kappa shape index (κ3) is 9.61. The first-order chi connectivity index (χ1) is 18.4. The van der Waals surface area contributed by atoms with E-state index in [2.05, 4.69) is 20.9 Å². The molecule has 1 aromatic heterocycles. The van der Waals surface area contributed by atoms with Crippen molar-refractivity contribution >= 4 is 58.3 Å². The van der Waals surface area contributed by atoms with Crippen molar-refractivity contribution < 1.29 is 44.1 Å². The summed E-state index contributed by atoms with van der Waals surface area (Å²) in [5, 5.41) is 35.1. The molecule has 15 heteroatoms. The van der Waals surface area contributed by atoms with E-state index >= 15 is 0 Å². The van der Waals surface area contributed by atoms with Gasteiger partial charge in [0.05, 0.1) is 18.9 Å². The minimum atomic E-state index is -1.79. The molecule has 0 radical (unpaired) electrons. The summed E-state index contributed by atoms with van der Waals surface area (Å²) in [6.45, 7) is 0. The van der Waals surface area contributed by atoms with E-state index in [9.17, 15) is 39.0 Å². The zero-order valence-corrected chi connectivity index (χ0v) is 21.8. The molecule has 0 aliphatic heterocycles. The number of aliphatic carboxylic acids is 3. The number of carboxylic acid groups (broad SMARTS) is 3. The molecule has 0 aliphatic carbocycles. The lowest BCUT2D eigenvalue weighted by Crippen LogP contribution is -2.58. The van der Waals surface area contributed by atoms with Crippen LogP contribution in [-0.4, -0.2) is 92.1 Å². The Kier molecular flexibility index (Phi) is 11.7. The molecule has 4 unspecified atom stereocenters. The number of H-pyrrole nitrogens is 1. The van der Waals surface area contributed by atoms with Gasteiger partial charge in [-0.2, -0.15) is 11.8 Å². The average Bonchev–Trinajstić information content (AvgIpc) is 3.28. The Labute approximate surface area is 227 Å². The highest BCUT2D eigenvalue weighted by Gasteiger charge is 2.32. The second-order valence-corrected chi connectivity index (χ2v) is 9.65. The van der Waals surface area contributed by atoms with E-state index in [-0.39, 0.29) is 12.8 Å². The summed E-state index contributed by atoms with van der Waals surface area (Å²) in [4.78, 5) is 75.7. The third-order valence-electron chi connectivity index (χ3n) is 5.71. The van der Waals surface area contributed by atoms with Crippen molar-refractivity contribution in [2.75, 3.05) is 12.0 Å². The van der Waals surface area contributed by atoms with E-state index in [0.717, 1.165) is 5.52 Å². The number of carboxylic acids is 3. The van der Waals surface area contributed by atoms with E-state index in [4.69, 9.17) is 10.8 Å². The van der Waals surface area contributed by atoms with Crippen LogP contribution in [0.15, 0.2) is 30.5 Å². The number of carbonyl (C=O) groups excluding carboxylic acids is 3. The second kappa shape index (κ2) is 14.7. The van der Waals surface area contributed by atoms with Crippen molar-refractivity contribution in [3.63, 3.8) is 0 Å². The van der Waals surface area contributed by atoms with Crippen molar-refractivity contribution in [2.24, 2.45) is 5.73 Å². The molecular weight excluding hydrogens is 534 g/mol. The number of amides is 3. The highest BCUT2D eigenvalue weighted by molar-refractivity contribution is 7.98. The minimum absolute atomic E-state index is 0.165. The van der Waals surface area contributed by atoms with Crippen LogP contribution in [0.1, 0.15) is 24.8 Å². The Bertz CT molecular complexity index is 1220. The molecule has 4 atom stereocenters. The molecule has 0 spiro atoms. The predicted octanol–water partition coefficient (Wildman–Crippen LogP) is -0.721. The molecule has 0 fully saturated rings. The van der Waals surface area contributed by atoms with E-state index in [1.165, 1.54) is 11.8 Å². The summed E-state index contributed by atoms with van der Waals surface area (Å²) in [7, 11) is 0. The SMILES string of the molecule is CSCCC(N)C(=O)NC(CC(=O)O)C(=O)NC(Cc1c[nH]c2ccccc12)C(=O)NC(CC(=O)O)C(=O)O. The molecule has 2 rings (SSSR count). The lowest BCUT2D eigenvalue weighted by Gasteiger charge is -2.24. The number of hydrogen-bond donors (Lipinski definition) is 8. The van der Waals surface area contributed by atoms with Gasteiger partial charge in [-0.25, -0.2) is 4.79 Å². The van der Waals surface area contributed by atoms with Crippen molar-refractivity contribution in [3.05, 3.63) is 36.0 Å². The van der Waals surface area contributed by atoms with Gasteiger partial charge in [0.1, 0.15) is 18.1 Å². The topological polar surface area (TPSA) is 241 Å². The number of nitrogens with one attached hydrogen (secondary N) is 4. The summed E-state index contributed by atoms with van der Waals surface area (Å²) in [5.41, 5.74) is 7.11. The van der Waals surface area contributed by atoms with Crippen LogP contribution < -0.4 is 21.7 Å². The fourth-order valence-electron chi connectivity index (χ4n) is 3.69. The van der Waals surface area contributed by atoms with Crippen LogP contribution in [0.3, 0.4) is 0 Å². The van der Waals surface area contributed by atoms with Gasteiger partial charge in [-0.05, 0) is 30.1 Å². The lowest BCUT2D eigenvalue weighted by atomic mass is 10.0. The number of rotatable bonds is 16. The van der Waals surface area contributed by atoms with Crippen molar-refractivity contribution in [1.82, 2.24) is 20.9 Å². The first-order valence-corrected chi connectivity index (χ1v) is 13.2. The number of carbonyl (C=O) groups is 6. The number of thioether (sulfide) groups is 1. The van der Waals surface area contributed by atoms with Gasteiger partial charge in [-0.1, -0.05) is 18.2 Å². The van der Waals surface area contributed by atoms with Crippen LogP contribution in [0.4, 0.5) is 0 Å². The first kappa shape index (κ1) is 31.1. The van der Waals surface area contributed by atoms with Gasteiger partial charge in [0.15, 0.2) is 0 Å². The standard InChI is InChI=1S/C24H31N5O9S/c1-39-7-6-14(25)21(34)27-17(9-19(30)31)23(36)28-16(22(35)29-18(24(37)38)10-20(32)33)8-12-11-26-15-5-3-2-4-13(12)15/h2-5,11,14,16-18,26H,6-10,25H2,1H3,(H,27,34)(H,28,36)(H,29,35)(H,30,31)(H,32,33)(H,37,38). The maximum absolute atomic E-state index is 13.1. The van der Waals surface area contributed by atoms with Crippen LogP contribution in [-0.2, 0) is 35.2 Å². The van der Waals surface area contributed by atoms with E-state index in [0.29, 0.717) is 16.7 Å². The number of aromatic amines is 1. The Morgan fingerprint density at radius 3 is 2.05 bits per heavy atom. The van der Waals surface area contributed by atoms with E-state index in [1.54, 1.807) is 30.5 Å². The maximum Gasteiger partial charge on any atom is 0.326 e. The molecule has 0 bridgehead atoms. The van der Waals surface area contributed by atoms with Crippen molar-refractivity contribution in [1.29, 1.82) is 0 Å².